The van der Waals surface area contributed by atoms with E-state index in [-0.39, 0.29) is 0 Å². The Morgan fingerprint density at radius 1 is 1.11 bits per heavy atom. The number of hydrogen-bond donors (Lipinski definition) is 1. The van der Waals surface area contributed by atoms with Crippen molar-refractivity contribution in [2.75, 3.05) is 0 Å². The van der Waals surface area contributed by atoms with E-state index >= 15 is 0 Å². The lowest BCUT2D eigenvalue weighted by molar-refractivity contribution is 0.478. The molecule has 0 aliphatic heterocycles. The minimum absolute atomic E-state index is 0.783. The zero-order chi connectivity index (χ0) is 12.8. The second-order valence-corrected chi connectivity index (χ2v) is 4.49. The van der Waals surface area contributed by atoms with Crippen LogP contribution < -0.4 is 5.32 Å². The predicted octanol–water partition coefficient (Wildman–Crippen LogP) is 3.34. The van der Waals surface area contributed by atoms with E-state index in [4.69, 9.17) is 4.42 Å². The zero-order valence-corrected chi connectivity index (χ0v) is 11.3. The molecule has 1 N–H and O–H groups in total. The molecule has 0 radical (unpaired) electrons. The van der Waals surface area contributed by atoms with Gasteiger partial charge >= 0.3 is 0 Å². The van der Waals surface area contributed by atoms with Crippen molar-refractivity contribution in [1.82, 2.24) is 9.88 Å². The molecule has 0 aromatic carbocycles. The maximum atomic E-state index is 5.30. The van der Waals surface area contributed by atoms with Crippen LogP contribution in [0.1, 0.15) is 37.4 Å². The van der Waals surface area contributed by atoms with Gasteiger partial charge in [0, 0.05) is 24.5 Å². The van der Waals surface area contributed by atoms with Crippen molar-refractivity contribution in [2.24, 2.45) is 0 Å². The van der Waals surface area contributed by atoms with Crippen LogP contribution >= 0.6 is 0 Å². The molecule has 98 valence electrons. The van der Waals surface area contributed by atoms with E-state index < -0.39 is 0 Å². The second kappa shape index (κ2) is 6.45. The Balaban J connectivity index is 1.92. The highest BCUT2D eigenvalue weighted by Gasteiger charge is 2.05. The summed E-state index contributed by atoms with van der Waals surface area (Å²) in [5, 5.41) is 3.42. The second-order valence-electron chi connectivity index (χ2n) is 4.49. The van der Waals surface area contributed by atoms with Gasteiger partial charge in [-0.25, -0.2) is 0 Å². The van der Waals surface area contributed by atoms with Gasteiger partial charge in [0.2, 0.25) is 0 Å². The molecule has 18 heavy (non-hydrogen) atoms. The number of furan rings is 1. The number of aryl methyl sites for hydroxylation is 1. The maximum absolute atomic E-state index is 5.30. The van der Waals surface area contributed by atoms with Crippen LogP contribution in [0.25, 0.3) is 0 Å². The SMILES string of the molecule is CCCc1ccc(CNCc2ccco2)n1CC. The van der Waals surface area contributed by atoms with Gasteiger partial charge in [-0.15, -0.1) is 0 Å². The summed E-state index contributed by atoms with van der Waals surface area (Å²) in [6.07, 6.45) is 4.07. The van der Waals surface area contributed by atoms with Crippen LogP contribution in [0.2, 0.25) is 0 Å². The van der Waals surface area contributed by atoms with Gasteiger partial charge in [0.1, 0.15) is 5.76 Å². The van der Waals surface area contributed by atoms with Gasteiger partial charge in [-0.3, -0.25) is 0 Å². The summed E-state index contributed by atoms with van der Waals surface area (Å²) < 4.78 is 7.70. The molecule has 0 spiro atoms. The summed E-state index contributed by atoms with van der Waals surface area (Å²) in [4.78, 5) is 0. The van der Waals surface area contributed by atoms with E-state index in [1.807, 2.05) is 12.1 Å². The van der Waals surface area contributed by atoms with Crippen LogP contribution in [-0.4, -0.2) is 4.57 Å². The standard InChI is InChI=1S/C15H22N2O/c1-3-6-13-8-9-14(17(13)4-2)11-16-12-15-7-5-10-18-15/h5,7-10,16H,3-4,6,11-12H2,1-2H3. The van der Waals surface area contributed by atoms with Crippen molar-refractivity contribution in [3.63, 3.8) is 0 Å². The molecule has 0 saturated heterocycles. The molecule has 2 rings (SSSR count). The number of hydrogen-bond acceptors (Lipinski definition) is 2. The Hall–Kier alpha value is -1.48. The highest BCUT2D eigenvalue weighted by atomic mass is 16.3. The molecule has 0 aliphatic carbocycles. The molecule has 0 saturated carbocycles. The molecule has 0 aliphatic rings. The number of nitrogens with zero attached hydrogens (tertiary/aromatic N) is 1. The Morgan fingerprint density at radius 3 is 2.61 bits per heavy atom. The molecule has 3 heteroatoms. The van der Waals surface area contributed by atoms with Crippen LogP contribution in [0.4, 0.5) is 0 Å². The van der Waals surface area contributed by atoms with Gasteiger partial charge in [-0.1, -0.05) is 13.3 Å². The van der Waals surface area contributed by atoms with Crippen LogP contribution in [-0.2, 0) is 26.1 Å². The maximum Gasteiger partial charge on any atom is 0.117 e. The van der Waals surface area contributed by atoms with Crippen LogP contribution in [0.15, 0.2) is 34.9 Å². The molecule has 0 amide bonds. The van der Waals surface area contributed by atoms with Gasteiger partial charge < -0.3 is 14.3 Å². The largest absolute Gasteiger partial charge is 0.468 e. The first-order valence-corrected chi connectivity index (χ1v) is 6.75. The number of aromatic nitrogens is 1. The first kappa shape index (κ1) is 13.0. The fourth-order valence-corrected chi connectivity index (χ4v) is 2.32. The highest BCUT2D eigenvalue weighted by molar-refractivity contribution is 5.16. The summed E-state index contributed by atoms with van der Waals surface area (Å²) in [5.41, 5.74) is 2.79. The summed E-state index contributed by atoms with van der Waals surface area (Å²) in [6.45, 7) is 7.14. The first-order chi connectivity index (χ1) is 8.85. The van der Waals surface area contributed by atoms with Gasteiger partial charge in [-0.2, -0.15) is 0 Å². The highest BCUT2D eigenvalue weighted by Crippen LogP contribution is 2.11. The summed E-state index contributed by atoms with van der Waals surface area (Å²) in [7, 11) is 0. The minimum atomic E-state index is 0.783. The van der Waals surface area contributed by atoms with Crippen LogP contribution in [0.5, 0.6) is 0 Å². The molecule has 0 unspecified atom stereocenters. The molecule has 0 fully saturated rings. The van der Waals surface area contributed by atoms with Gasteiger partial charge in [0.25, 0.3) is 0 Å². The summed E-state index contributed by atoms with van der Waals surface area (Å²) in [5.74, 6) is 0.985. The predicted molar refractivity (Wildman–Crippen MR) is 73.4 cm³/mol. The summed E-state index contributed by atoms with van der Waals surface area (Å²) >= 11 is 0. The van der Waals surface area contributed by atoms with Crippen LogP contribution in [0.3, 0.4) is 0 Å². The zero-order valence-electron chi connectivity index (χ0n) is 11.3. The van der Waals surface area contributed by atoms with Gasteiger partial charge in [0.05, 0.1) is 12.8 Å². The van der Waals surface area contributed by atoms with E-state index in [0.29, 0.717) is 0 Å². The van der Waals surface area contributed by atoms with Crippen molar-refractivity contribution >= 4 is 0 Å². The topological polar surface area (TPSA) is 30.1 Å². The van der Waals surface area contributed by atoms with Crippen molar-refractivity contribution in [2.45, 2.75) is 46.3 Å². The lowest BCUT2D eigenvalue weighted by Crippen LogP contribution is -2.16. The van der Waals surface area contributed by atoms with E-state index in [2.05, 4.69) is 35.9 Å². The third kappa shape index (κ3) is 3.05. The smallest absolute Gasteiger partial charge is 0.117 e. The minimum Gasteiger partial charge on any atom is -0.468 e. The third-order valence-electron chi connectivity index (χ3n) is 3.17. The average Bonchev–Trinajstić information content (AvgIpc) is 3.00. The van der Waals surface area contributed by atoms with Crippen molar-refractivity contribution in [3.8, 4) is 0 Å². The molecule has 0 atom stereocenters. The lowest BCUT2D eigenvalue weighted by atomic mass is 10.2. The monoisotopic (exact) mass is 246 g/mol. The average molecular weight is 246 g/mol. The molecule has 2 aromatic rings. The fraction of sp³-hybridized carbons (Fsp3) is 0.467. The van der Waals surface area contributed by atoms with Gasteiger partial charge in [-0.05, 0) is 37.6 Å². The van der Waals surface area contributed by atoms with Crippen molar-refractivity contribution in [1.29, 1.82) is 0 Å². The Bertz CT molecular complexity index is 457. The van der Waals surface area contributed by atoms with Crippen molar-refractivity contribution in [3.05, 3.63) is 47.7 Å². The van der Waals surface area contributed by atoms with Gasteiger partial charge in [0.15, 0.2) is 0 Å². The fourth-order valence-electron chi connectivity index (χ4n) is 2.32. The molecule has 2 aromatic heterocycles. The Labute approximate surface area is 109 Å². The molecule has 2 heterocycles. The number of nitrogens with one attached hydrogen (secondary N) is 1. The summed E-state index contributed by atoms with van der Waals surface area (Å²) in [6, 6.07) is 8.39. The van der Waals surface area contributed by atoms with E-state index in [1.54, 1.807) is 6.26 Å². The van der Waals surface area contributed by atoms with E-state index in [9.17, 15) is 0 Å². The Morgan fingerprint density at radius 2 is 1.94 bits per heavy atom. The Kier molecular flexibility index (Phi) is 4.65. The third-order valence-corrected chi connectivity index (χ3v) is 3.17. The number of rotatable bonds is 7. The molecular formula is C15H22N2O. The van der Waals surface area contributed by atoms with E-state index in [1.165, 1.54) is 17.8 Å². The van der Waals surface area contributed by atoms with E-state index in [0.717, 1.165) is 31.8 Å². The first-order valence-electron chi connectivity index (χ1n) is 6.75. The molecule has 0 bridgehead atoms. The normalized spacial score (nSPS) is 11.0. The quantitative estimate of drug-likeness (QED) is 0.812. The lowest BCUT2D eigenvalue weighted by Gasteiger charge is -2.11. The molecule has 3 nitrogen and oxygen atoms in total. The molecular weight excluding hydrogens is 224 g/mol. The van der Waals surface area contributed by atoms with Crippen molar-refractivity contribution < 1.29 is 4.42 Å². The van der Waals surface area contributed by atoms with Crippen LogP contribution in [0, 0.1) is 0 Å².